The van der Waals surface area contributed by atoms with Crippen LogP contribution in [0.5, 0.6) is 0 Å². The monoisotopic (exact) mass is 413 g/mol. The van der Waals surface area contributed by atoms with Gasteiger partial charge in [-0.15, -0.1) is 0 Å². The van der Waals surface area contributed by atoms with E-state index in [1.54, 1.807) is 6.07 Å². The molecule has 1 N–H and O–H groups in total. The van der Waals surface area contributed by atoms with Gasteiger partial charge in [-0.3, -0.25) is 9.69 Å². The Hall–Kier alpha value is -1.15. The van der Waals surface area contributed by atoms with Gasteiger partial charge in [-0.1, -0.05) is 24.9 Å². The van der Waals surface area contributed by atoms with Gasteiger partial charge >= 0.3 is 0 Å². The molecule has 1 aromatic carbocycles. The van der Waals surface area contributed by atoms with Crippen molar-refractivity contribution in [2.75, 3.05) is 32.7 Å². The number of sulfonamides is 1. The van der Waals surface area contributed by atoms with Gasteiger partial charge in [0.2, 0.25) is 10.0 Å². The third-order valence-corrected chi connectivity index (χ3v) is 7.91. The zero-order valence-corrected chi connectivity index (χ0v) is 17.4. The summed E-state index contributed by atoms with van der Waals surface area (Å²) in [5.41, 5.74) is 0.330. The van der Waals surface area contributed by atoms with Crippen molar-refractivity contribution in [2.45, 2.75) is 50.0 Å². The predicted molar refractivity (Wildman–Crippen MR) is 107 cm³/mol. The second-order valence-electron chi connectivity index (χ2n) is 7.24. The van der Waals surface area contributed by atoms with Crippen molar-refractivity contribution in [2.24, 2.45) is 0 Å². The largest absolute Gasteiger partial charge is 0.350 e. The first-order chi connectivity index (χ1) is 12.9. The van der Waals surface area contributed by atoms with Crippen LogP contribution < -0.4 is 5.32 Å². The zero-order valence-electron chi connectivity index (χ0n) is 15.8. The molecule has 2 fully saturated rings. The summed E-state index contributed by atoms with van der Waals surface area (Å²) in [7, 11) is -3.68. The molecule has 2 saturated heterocycles. The quantitative estimate of drug-likeness (QED) is 0.778. The molecule has 2 heterocycles. The lowest BCUT2D eigenvalue weighted by molar-refractivity contribution is 0.0941. The van der Waals surface area contributed by atoms with Crippen molar-refractivity contribution in [3.05, 3.63) is 28.8 Å². The van der Waals surface area contributed by atoms with Crippen LogP contribution >= 0.6 is 11.6 Å². The Morgan fingerprint density at radius 3 is 2.63 bits per heavy atom. The highest BCUT2D eigenvalue weighted by Gasteiger charge is 2.29. The highest BCUT2D eigenvalue weighted by Crippen LogP contribution is 2.28. The molecule has 1 aromatic rings. The molecule has 1 amide bonds. The minimum Gasteiger partial charge on any atom is -0.350 e. The second-order valence-corrected chi connectivity index (χ2v) is 9.56. The van der Waals surface area contributed by atoms with Crippen LogP contribution in [-0.4, -0.2) is 62.3 Å². The van der Waals surface area contributed by atoms with E-state index in [-0.39, 0.29) is 15.8 Å². The first-order valence-electron chi connectivity index (χ1n) is 9.75. The SMILES string of the molecule is CCN1CCCC1CNC(=O)c1ccc(Cl)c(S(=O)(=O)N2CCCCC2)c1. The Bertz CT molecular complexity index is 778. The number of carbonyl (C=O) groups excluding carboxylic acids is 1. The van der Waals surface area contributed by atoms with Crippen LogP contribution in [0.25, 0.3) is 0 Å². The van der Waals surface area contributed by atoms with Crippen LogP contribution in [0.15, 0.2) is 23.1 Å². The van der Waals surface area contributed by atoms with Crippen molar-refractivity contribution in [3.63, 3.8) is 0 Å². The minimum absolute atomic E-state index is 0.0229. The van der Waals surface area contributed by atoms with E-state index in [2.05, 4.69) is 17.1 Å². The number of piperidine rings is 1. The molecule has 6 nitrogen and oxygen atoms in total. The van der Waals surface area contributed by atoms with Gasteiger partial charge in [0, 0.05) is 31.2 Å². The summed E-state index contributed by atoms with van der Waals surface area (Å²) in [4.78, 5) is 15.0. The molecule has 1 unspecified atom stereocenters. The van der Waals surface area contributed by atoms with Gasteiger partial charge < -0.3 is 5.32 Å². The van der Waals surface area contributed by atoms with Crippen LogP contribution in [0.4, 0.5) is 0 Å². The molecule has 0 aromatic heterocycles. The topological polar surface area (TPSA) is 69.7 Å². The Labute approximate surface area is 166 Å². The predicted octanol–water partition coefficient (Wildman–Crippen LogP) is 2.73. The lowest BCUT2D eigenvalue weighted by Gasteiger charge is -2.26. The Morgan fingerprint density at radius 2 is 1.93 bits per heavy atom. The number of likely N-dealkylation sites (tertiary alicyclic amines) is 1. The molecule has 0 bridgehead atoms. The Kier molecular flexibility index (Phi) is 6.78. The Balaban J connectivity index is 1.73. The van der Waals surface area contributed by atoms with E-state index in [1.165, 1.54) is 16.4 Å². The van der Waals surface area contributed by atoms with Gasteiger partial charge in [0.1, 0.15) is 4.90 Å². The van der Waals surface area contributed by atoms with Gasteiger partial charge in [0.05, 0.1) is 5.02 Å². The molecule has 1 atom stereocenters. The maximum absolute atomic E-state index is 12.9. The van der Waals surface area contributed by atoms with Crippen molar-refractivity contribution in [1.82, 2.24) is 14.5 Å². The smallest absolute Gasteiger partial charge is 0.251 e. The number of nitrogens with zero attached hydrogens (tertiary/aromatic N) is 2. The minimum atomic E-state index is -3.68. The fraction of sp³-hybridized carbons (Fsp3) is 0.632. The van der Waals surface area contributed by atoms with E-state index in [0.717, 1.165) is 45.2 Å². The zero-order chi connectivity index (χ0) is 19.4. The molecule has 2 aliphatic rings. The summed E-state index contributed by atoms with van der Waals surface area (Å²) in [6.07, 6.45) is 4.97. The van der Waals surface area contributed by atoms with Gasteiger partial charge in [-0.25, -0.2) is 8.42 Å². The normalized spacial score (nSPS) is 22.1. The van der Waals surface area contributed by atoms with Gasteiger partial charge in [-0.05, 0) is 57.0 Å². The number of benzene rings is 1. The van der Waals surface area contributed by atoms with E-state index in [1.807, 2.05) is 0 Å². The summed E-state index contributed by atoms with van der Waals surface area (Å²) < 4.78 is 27.3. The molecule has 0 spiro atoms. The Morgan fingerprint density at radius 1 is 1.19 bits per heavy atom. The van der Waals surface area contributed by atoms with Gasteiger partial charge in [0.15, 0.2) is 0 Å². The molecule has 0 radical (unpaired) electrons. The number of nitrogens with one attached hydrogen (secondary N) is 1. The average molecular weight is 414 g/mol. The molecule has 150 valence electrons. The third-order valence-electron chi connectivity index (χ3n) is 5.53. The van der Waals surface area contributed by atoms with Crippen LogP contribution in [0.1, 0.15) is 49.4 Å². The standard InChI is InChI=1S/C19H28ClN3O3S/c1-2-22-10-6-7-16(22)14-21-19(24)15-8-9-17(20)18(13-15)27(25,26)23-11-4-3-5-12-23/h8-9,13,16H,2-7,10-12,14H2,1H3,(H,21,24). The summed E-state index contributed by atoms with van der Waals surface area (Å²) in [5.74, 6) is -0.260. The van der Waals surface area contributed by atoms with Crippen molar-refractivity contribution in [3.8, 4) is 0 Å². The van der Waals surface area contributed by atoms with Gasteiger partial charge in [0.25, 0.3) is 5.91 Å². The summed E-state index contributed by atoms with van der Waals surface area (Å²) in [6, 6.07) is 4.84. The molecular weight excluding hydrogens is 386 g/mol. The van der Waals surface area contributed by atoms with Crippen LogP contribution in [-0.2, 0) is 10.0 Å². The maximum atomic E-state index is 12.9. The summed E-state index contributed by atoms with van der Waals surface area (Å²) in [6.45, 7) is 5.74. The number of halogens is 1. The number of amides is 1. The molecule has 27 heavy (non-hydrogen) atoms. The molecule has 0 saturated carbocycles. The van der Waals surface area contributed by atoms with E-state index in [4.69, 9.17) is 11.6 Å². The van der Waals surface area contributed by atoms with Gasteiger partial charge in [-0.2, -0.15) is 4.31 Å². The fourth-order valence-electron chi connectivity index (χ4n) is 3.94. The molecular formula is C19H28ClN3O3S. The van der Waals surface area contributed by atoms with E-state index in [9.17, 15) is 13.2 Å². The number of hydrogen-bond donors (Lipinski definition) is 1. The lowest BCUT2D eigenvalue weighted by atomic mass is 10.2. The van der Waals surface area contributed by atoms with Crippen LogP contribution in [0.3, 0.4) is 0 Å². The van der Waals surface area contributed by atoms with Crippen molar-refractivity contribution < 1.29 is 13.2 Å². The number of rotatable bonds is 6. The van der Waals surface area contributed by atoms with Crippen LogP contribution in [0.2, 0.25) is 5.02 Å². The average Bonchev–Trinajstić information content (AvgIpc) is 3.14. The number of hydrogen-bond acceptors (Lipinski definition) is 4. The molecule has 8 heteroatoms. The van der Waals surface area contributed by atoms with E-state index >= 15 is 0 Å². The molecule has 0 aliphatic carbocycles. The lowest BCUT2D eigenvalue weighted by Crippen LogP contribution is -2.40. The summed E-state index contributed by atoms with van der Waals surface area (Å²) in [5, 5.41) is 3.11. The highest BCUT2D eigenvalue weighted by molar-refractivity contribution is 7.89. The van der Waals surface area contributed by atoms with E-state index < -0.39 is 10.0 Å². The second kappa shape index (κ2) is 8.90. The summed E-state index contributed by atoms with van der Waals surface area (Å²) >= 11 is 6.18. The van der Waals surface area contributed by atoms with Crippen molar-refractivity contribution in [1.29, 1.82) is 0 Å². The van der Waals surface area contributed by atoms with Crippen molar-refractivity contribution >= 4 is 27.5 Å². The van der Waals surface area contributed by atoms with Crippen LogP contribution in [0, 0.1) is 0 Å². The number of likely N-dealkylation sites (N-methyl/N-ethyl adjacent to an activating group) is 1. The molecule has 2 aliphatic heterocycles. The third kappa shape index (κ3) is 4.65. The molecule has 3 rings (SSSR count). The fourth-order valence-corrected chi connectivity index (χ4v) is 5.96. The highest BCUT2D eigenvalue weighted by atomic mass is 35.5. The van der Waals surface area contributed by atoms with E-state index in [0.29, 0.717) is 31.2 Å². The number of carbonyl (C=O) groups is 1. The first-order valence-corrected chi connectivity index (χ1v) is 11.6. The maximum Gasteiger partial charge on any atom is 0.251 e. The first kappa shape index (κ1) is 20.6.